The summed E-state index contributed by atoms with van der Waals surface area (Å²) < 4.78 is 45.2. The zero-order chi connectivity index (χ0) is 28.6. The first-order valence-electron chi connectivity index (χ1n) is 11.8. The summed E-state index contributed by atoms with van der Waals surface area (Å²) in [7, 11) is 0. The molecule has 0 N–H and O–H groups in total. The van der Waals surface area contributed by atoms with Crippen LogP contribution < -0.4 is 4.90 Å². The molecule has 40 heavy (non-hydrogen) atoms. The number of Topliss-reactive ketones (excluding diaryl/α,β-unsaturated/α-hetero) is 1. The fourth-order valence-electron chi connectivity index (χ4n) is 4.26. The molecule has 0 aliphatic carbocycles. The van der Waals surface area contributed by atoms with Crippen molar-refractivity contribution in [2.24, 2.45) is 0 Å². The van der Waals surface area contributed by atoms with Crippen molar-refractivity contribution < 1.29 is 37.1 Å². The number of rotatable bonds is 6. The van der Waals surface area contributed by atoms with Gasteiger partial charge in [0.2, 0.25) is 5.78 Å². The average molecular weight is 564 g/mol. The minimum absolute atomic E-state index is 0.0893. The molecule has 1 atom stereocenters. The molecule has 200 valence electrons. The summed E-state index contributed by atoms with van der Waals surface area (Å²) in [5.41, 5.74) is -1.05. The molecule has 0 saturated heterocycles. The molecule has 0 radical (unpaired) electrons. The van der Waals surface area contributed by atoms with Crippen molar-refractivity contribution in [2.45, 2.75) is 12.3 Å². The molecule has 6 nitrogen and oxygen atoms in total. The predicted octanol–water partition coefficient (Wildman–Crippen LogP) is 6.94. The molecular weight excluding hydrogens is 547 g/mol. The Kier molecular flexibility index (Phi) is 6.99. The number of hydrogen-bond acceptors (Lipinski definition) is 5. The Morgan fingerprint density at radius 3 is 2.10 bits per heavy atom. The van der Waals surface area contributed by atoms with Gasteiger partial charge in [0.1, 0.15) is 0 Å². The van der Waals surface area contributed by atoms with Gasteiger partial charge in [0.25, 0.3) is 11.8 Å². The van der Waals surface area contributed by atoms with Crippen LogP contribution in [0.2, 0.25) is 5.02 Å². The number of hydrogen-bond donors (Lipinski definition) is 0. The molecule has 4 aromatic carbocycles. The average Bonchev–Trinajstić information content (AvgIpc) is 3.20. The van der Waals surface area contributed by atoms with Crippen LogP contribution in [0.15, 0.2) is 97.1 Å². The number of carbonyl (C=O) groups excluding carboxylic acids is 4. The number of benzene rings is 4. The fourth-order valence-corrected chi connectivity index (χ4v) is 4.39. The summed E-state index contributed by atoms with van der Waals surface area (Å²) in [6, 6.07) is 21.7. The van der Waals surface area contributed by atoms with E-state index in [9.17, 15) is 32.3 Å². The van der Waals surface area contributed by atoms with Crippen LogP contribution in [0.4, 0.5) is 18.9 Å². The van der Waals surface area contributed by atoms with Crippen LogP contribution in [0.25, 0.3) is 0 Å². The number of ketones is 1. The maximum atomic E-state index is 13.3. The smallest absolute Gasteiger partial charge is 0.416 e. The highest BCUT2D eigenvalue weighted by Crippen LogP contribution is 2.35. The van der Waals surface area contributed by atoms with E-state index in [0.717, 1.165) is 18.2 Å². The maximum Gasteiger partial charge on any atom is 0.416 e. The molecule has 1 heterocycles. The number of esters is 1. The maximum absolute atomic E-state index is 13.3. The number of amides is 2. The van der Waals surface area contributed by atoms with Gasteiger partial charge >= 0.3 is 12.1 Å². The third-order valence-corrected chi connectivity index (χ3v) is 6.50. The summed E-state index contributed by atoms with van der Waals surface area (Å²) in [4.78, 5) is 53.1. The van der Waals surface area contributed by atoms with Crippen LogP contribution in [-0.2, 0) is 10.9 Å². The van der Waals surface area contributed by atoms with Gasteiger partial charge in [-0.1, -0.05) is 60.1 Å². The van der Waals surface area contributed by atoms with Crippen LogP contribution in [0.5, 0.6) is 0 Å². The third-order valence-electron chi connectivity index (χ3n) is 6.25. The Hall–Kier alpha value is -4.76. The number of ether oxygens (including phenoxy) is 1. The second-order valence-corrected chi connectivity index (χ2v) is 9.26. The number of imide groups is 1. The molecule has 0 bridgehead atoms. The molecule has 0 spiro atoms. The van der Waals surface area contributed by atoms with Crippen LogP contribution >= 0.6 is 11.6 Å². The lowest BCUT2D eigenvalue weighted by molar-refractivity contribution is -0.137. The lowest BCUT2D eigenvalue weighted by atomic mass is 9.99. The van der Waals surface area contributed by atoms with Gasteiger partial charge in [0.15, 0.2) is 6.10 Å². The second-order valence-electron chi connectivity index (χ2n) is 8.82. The van der Waals surface area contributed by atoms with Gasteiger partial charge in [-0.2, -0.15) is 13.2 Å². The Balaban J connectivity index is 1.45. The van der Waals surface area contributed by atoms with E-state index in [1.165, 1.54) is 30.3 Å². The van der Waals surface area contributed by atoms with E-state index < -0.39 is 41.4 Å². The minimum atomic E-state index is -4.68. The second kappa shape index (κ2) is 10.4. The molecule has 1 aliphatic heterocycles. The highest BCUT2D eigenvalue weighted by atomic mass is 35.5. The summed E-state index contributed by atoms with van der Waals surface area (Å²) >= 11 is 5.97. The molecule has 4 aromatic rings. The minimum Gasteiger partial charge on any atom is -0.445 e. The van der Waals surface area contributed by atoms with E-state index in [1.807, 2.05) is 0 Å². The number of alkyl halides is 3. The molecule has 0 fully saturated rings. The van der Waals surface area contributed by atoms with Gasteiger partial charge in [-0.25, -0.2) is 9.69 Å². The lowest BCUT2D eigenvalue weighted by Crippen LogP contribution is -2.29. The van der Waals surface area contributed by atoms with Crippen molar-refractivity contribution >= 4 is 40.9 Å². The Morgan fingerprint density at radius 1 is 0.750 bits per heavy atom. The number of anilines is 1. The van der Waals surface area contributed by atoms with E-state index in [0.29, 0.717) is 27.1 Å². The zero-order valence-electron chi connectivity index (χ0n) is 20.3. The van der Waals surface area contributed by atoms with Gasteiger partial charge in [0, 0.05) is 16.1 Å². The molecule has 0 saturated carbocycles. The third kappa shape index (κ3) is 5.11. The van der Waals surface area contributed by atoms with Crippen molar-refractivity contribution in [1.29, 1.82) is 0 Å². The van der Waals surface area contributed by atoms with Crippen molar-refractivity contribution in [3.05, 3.63) is 135 Å². The SMILES string of the molecule is O=C(O[C@@H](C(=O)c1ccccc1)c1ccc(Cl)cc1)c1ccc2c(c1)C(=O)N(c1cccc(C(F)(F)F)c1)C2=O. The summed E-state index contributed by atoms with van der Waals surface area (Å²) in [6.45, 7) is 0. The fraction of sp³-hybridized carbons (Fsp3) is 0.0667. The van der Waals surface area contributed by atoms with Gasteiger partial charge in [-0.05, 0) is 48.5 Å². The van der Waals surface area contributed by atoms with Crippen molar-refractivity contribution in [3.8, 4) is 0 Å². The van der Waals surface area contributed by atoms with E-state index in [4.69, 9.17) is 16.3 Å². The largest absolute Gasteiger partial charge is 0.445 e. The van der Waals surface area contributed by atoms with Crippen molar-refractivity contribution in [3.63, 3.8) is 0 Å². The summed E-state index contributed by atoms with van der Waals surface area (Å²) in [5, 5.41) is 0.410. The quantitative estimate of drug-likeness (QED) is 0.144. The lowest BCUT2D eigenvalue weighted by Gasteiger charge is -2.18. The number of fused-ring (bicyclic) bond motifs is 1. The molecule has 0 unspecified atom stereocenters. The zero-order valence-corrected chi connectivity index (χ0v) is 21.1. The van der Waals surface area contributed by atoms with E-state index in [2.05, 4.69) is 0 Å². The van der Waals surface area contributed by atoms with Crippen LogP contribution in [0.1, 0.15) is 58.7 Å². The van der Waals surface area contributed by atoms with Crippen molar-refractivity contribution in [1.82, 2.24) is 0 Å². The molecule has 2 amide bonds. The molecule has 0 aromatic heterocycles. The topological polar surface area (TPSA) is 80.8 Å². The van der Waals surface area contributed by atoms with Gasteiger partial charge in [-0.3, -0.25) is 14.4 Å². The Morgan fingerprint density at radius 2 is 1.43 bits per heavy atom. The highest BCUT2D eigenvalue weighted by Gasteiger charge is 2.39. The molecule has 5 rings (SSSR count). The van der Waals surface area contributed by atoms with Crippen LogP contribution in [0, 0.1) is 0 Å². The molecular formula is C30H17ClF3NO5. The first-order chi connectivity index (χ1) is 19.0. The first-order valence-corrected chi connectivity index (χ1v) is 12.2. The number of nitrogens with zero attached hydrogens (tertiary/aromatic N) is 1. The number of carbonyl (C=O) groups is 4. The standard InChI is InChI=1S/C30H17ClF3NO5/c31-21-12-9-18(10-13-21)26(25(36)17-5-2-1-3-6-17)40-29(39)19-11-14-23-24(15-19)28(38)35(27(23)37)22-8-4-7-20(16-22)30(32,33)34/h1-16,26H/t26-/m1/s1. The highest BCUT2D eigenvalue weighted by molar-refractivity contribution is 6.34. The van der Waals surface area contributed by atoms with E-state index in [-0.39, 0.29) is 22.4 Å². The van der Waals surface area contributed by atoms with Gasteiger partial charge in [0.05, 0.1) is 27.9 Å². The Labute approximate surface area is 230 Å². The van der Waals surface area contributed by atoms with E-state index >= 15 is 0 Å². The van der Waals surface area contributed by atoms with Gasteiger partial charge < -0.3 is 4.74 Å². The predicted molar refractivity (Wildman–Crippen MR) is 139 cm³/mol. The van der Waals surface area contributed by atoms with E-state index in [1.54, 1.807) is 42.5 Å². The van der Waals surface area contributed by atoms with Gasteiger partial charge in [-0.15, -0.1) is 0 Å². The summed E-state index contributed by atoms with van der Waals surface area (Å²) in [6.07, 6.45) is -6.02. The van der Waals surface area contributed by atoms with Crippen LogP contribution in [-0.4, -0.2) is 23.6 Å². The van der Waals surface area contributed by atoms with Crippen LogP contribution in [0.3, 0.4) is 0 Å². The Bertz CT molecular complexity index is 1650. The van der Waals surface area contributed by atoms with Crippen molar-refractivity contribution in [2.75, 3.05) is 4.90 Å². The normalized spacial score (nSPS) is 13.7. The molecule has 10 heteroatoms. The number of halogens is 4. The molecule has 1 aliphatic rings. The summed E-state index contributed by atoms with van der Waals surface area (Å²) in [5.74, 6) is -3.19. The first kappa shape index (κ1) is 26.8. The monoisotopic (exact) mass is 563 g/mol.